The normalized spacial score (nSPS) is 20.1. The first-order valence-electron chi connectivity index (χ1n) is 10.4. The summed E-state index contributed by atoms with van der Waals surface area (Å²) < 4.78 is 7.10. The number of likely N-dealkylation sites (tertiary alicyclic amines) is 1. The van der Waals surface area contributed by atoms with Crippen molar-refractivity contribution in [1.29, 1.82) is 0 Å². The summed E-state index contributed by atoms with van der Waals surface area (Å²) >= 11 is 0. The Hall–Kier alpha value is -3.22. The topological polar surface area (TPSA) is 81.2 Å². The number of carbonyl (C=O) groups excluding carboxylic acids is 1. The molecule has 1 saturated heterocycles. The zero-order chi connectivity index (χ0) is 20.8. The number of rotatable bonds is 3. The molecule has 7 nitrogen and oxygen atoms in total. The third-order valence-electron chi connectivity index (χ3n) is 6.38. The molecule has 1 fully saturated rings. The Morgan fingerprint density at radius 3 is 2.80 bits per heavy atom. The van der Waals surface area contributed by atoms with Gasteiger partial charge in [0.05, 0.1) is 17.8 Å². The van der Waals surface area contributed by atoms with Crippen LogP contribution in [0.2, 0.25) is 0 Å². The van der Waals surface area contributed by atoms with Gasteiger partial charge in [0.2, 0.25) is 5.91 Å². The number of pyridine rings is 2. The number of amides is 1. The molecular weight excluding hydrogens is 380 g/mol. The van der Waals surface area contributed by atoms with E-state index in [9.17, 15) is 9.59 Å². The van der Waals surface area contributed by atoms with Gasteiger partial charge in [-0.3, -0.25) is 14.6 Å². The highest BCUT2D eigenvalue weighted by Gasteiger charge is 2.37. The molecule has 2 aliphatic heterocycles. The predicted molar refractivity (Wildman–Crippen MR) is 111 cm³/mol. The van der Waals surface area contributed by atoms with E-state index >= 15 is 0 Å². The van der Waals surface area contributed by atoms with Crippen LogP contribution in [0.3, 0.4) is 0 Å². The fourth-order valence-corrected chi connectivity index (χ4v) is 4.86. The van der Waals surface area contributed by atoms with Crippen LogP contribution in [0.15, 0.2) is 45.8 Å². The van der Waals surface area contributed by atoms with Crippen molar-refractivity contribution in [3.8, 4) is 11.3 Å². The Morgan fingerprint density at radius 1 is 1.20 bits per heavy atom. The Bertz CT molecular complexity index is 1150. The van der Waals surface area contributed by atoms with Crippen LogP contribution in [-0.4, -0.2) is 38.6 Å². The van der Waals surface area contributed by atoms with Gasteiger partial charge < -0.3 is 14.0 Å². The fourth-order valence-electron chi connectivity index (χ4n) is 4.86. The van der Waals surface area contributed by atoms with Crippen LogP contribution >= 0.6 is 0 Å². The summed E-state index contributed by atoms with van der Waals surface area (Å²) in [5.41, 5.74) is 4.30. The second-order valence-electron chi connectivity index (χ2n) is 8.41. The molecule has 0 spiro atoms. The van der Waals surface area contributed by atoms with Crippen molar-refractivity contribution in [2.75, 3.05) is 13.1 Å². The minimum atomic E-state index is 0.0124. The number of hydrogen-bond acceptors (Lipinski definition) is 5. The van der Waals surface area contributed by atoms with E-state index in [1.54, 1.807) is 12.3 Å². The maximum Gasteiger partial charge on any atom is 0.251 e. The lowest BCUT2D eigenvalue weighted by molar-refractivity contribution is -0.133. The second kappa shape index (κ2) is 7.23. The van der Waals surface area contributed by atoms with Gasteiger partial charge in [0.1, 0.15) is 5.76 Å². The van der Waals surface area contributed by atoms with E-state index in [0.717, 1.165) is 34.6 Å². The third-order valence-corrected chi connectivity index (χ3v) is 6.38. The predicted octanol–water partition coefficient (Wildman–Crippen LogP) is 2.70. The highest BCUT2D eigenvalue weighted by atomic mass is 16.5. The van der Waals surface area contributed by atoms with Gasteiger partial charge in [-0.15, -0.1) is 0 Å². The molecule has 30 heavy (non-hydrogen) atoms. The lowest BCUT2D eigenvalue weighted by atomic mass is 9.82. The molecule has 5 rings (SSSR count). The first-order chi connectivity index (χ1) is 14.5. The number of carbonyl (C=O) groups is 1. The van der Waals surface area contributed by atoms with E-state index in [-0.39, 0.29) is 17.4 Å². The van der Waals surface area contributed by atoms with Crippen molar-refractivity contribution < 1.29 is 9.32 Å². The highest BCUT2D eigenvalue weighted by Crippen LogP contribution is 2.36. The van der Waals surface area contributed by atoms with Crippen LogP contribution in [0.5, 0.6) is 0 Å². The van der Waals surface area contributed by atoms with Crippen LogP contribution in [0.25, 0.3) is 11.3 Å². The molecule has 154 valence electrons. The molecule has 0 N–H and O–H groups in total. The third kappa shape index (κ3) is 3.24. The first-order valence-corrected chi connectivity index (χ1v) is 10.4. The van der Waals surface area contributed by atoms with E-state index in [1.807, 2.05) is 41.5 Å². The monoisotopic (exact) mass is 404 g/mol. The molecule has 1 amide bonds. The first kappa shape index (κ1) is 18.8. The fraction of sp³-hybridized carbons (Fsp3) is 0.391. The Labute approximate surface area is 174 Å². The average molecular weight is 404 g/mol. The van der Waals surface area contributed by atoms with E-state index < -0.39 is 0 Å². The number of hydrogen-bond donors (Lipinski definition) is 0. The van der Waals surface area contributed by atoms with E-state index in [2.05, 4.69) is 16.2 Å². The summed E-state index contributed by atoms with van der Waals surface area (Å²) in [5.74, 6) is 1.25. The van der Waals surface area contributed by atoms with Crippen molar-refractivity contribution in [1.82, 2.24) is 19.6 Å². The van der Waals surface area contributed by atoms with Crippen LogP contribution in [-0.2, 0) is 17.8 Å². The van der Waals surface area contributed by atoms with Crippen LogP contribution in [0, 0.1) is 19.8 Å². The lowest BCUT2D eigenvalue weighted by Gasteiger charge is -2.43. The van der Waals surface area contributed by atoms with Gasteiger partial charge in [-0.2, -0.15) is 0 Å². The van der Waals surface area contributed by atoms with E-state index in [0.29, 0.717) is 37.7 Å². The van der Waals surface area contributed by atoms with Crippen molar-refractivity contribution in [3.63, 3.8) is 0 Å². The molecule has 0 unspecified atom stereocenters. The molecule has 0 aliphatic carbocycles. The molecular formula is C23H24N4O3. The Kier molecular flexibility index (Phi) is 4.53. The molecule has 0 saturated carbocycles. The van der Waals surface area contributed by atoms with Gasteiger partial charge >= 0.3 is 0 Å². The van der Waals surface area contributed by atoms with Gasteiger partial charge in [-0.25, -0.2) is 0 Å². The molecule has 7 heteroatoms. The van der Waals surface area contributed by atoms with E-state index in [1.165, 1.54) is 0 Å². The summed E-state index contributed by atoms with van der Waals surface area (Å²) in [6.45, 7) is 5.68. The summed E-state index contributed by atoms with van der Waals surface area (Å²) in [4.78, 5) is 32.2. The van der Waals surface area contributed by atoms with E-state index in [4.69, 9.17) is 4.52 Å². The summed E-state index contributed by atoms with van der Waals surface area (Å²) in [7, 11) is 0. The molecule has 0 radical (unpaired) electrons. The maximum atomic E-state index is 13.0. The molecule has 2 atom stereocenters. The number of nitrogens with zero attached hydrogens (tertiary/aromatic N) is 4. The number of piperidine rings is 1. The van der Waals surface area contributed by atoms with Crippen molar-refractivity contribution in [2.24, 2.45) is 5.92 Å². The van der Waals surface area contributed by atoms with Gasteiger partial charge in [-0.05, 0) is 44.4 Å². The average Bonchev–Trinajstić information content (AvgIpc) is 3.07. The molecule has 3 aromatic heterocycles. The number of aromatic nitrogens is 3. The molecule has 0 aromatic carbocycles. The van der Waals surface area contributed by atoms with Crippen molar-refractivity contribution >= 4 is 5.91 Å². The molecule has 2 aliphatic rings. The minimum Gasteiger partial charge on any atom is -0.361 e. The van der Waals surface area contributed by atoms with Crippen molar-refractivity contribution in [2.45, 2.75) is 39.2 Å². The molecule has 5 heterocycles. The lowest BCUT2D eigenvalue weighted by Crippen LogP contribution is -2.49. The van der Waals surface area contributed by atoms with Gasteiger partial charge in [-0.1, -0.05) is 11.2 Å². The van der Waals surface area contributed by atoms with Crippen LogP contribution in [0.4, 0.5) is 0 Å². The zero-order valence-corrected chi connectivity index (χ0v) is 17.2. The molecule has 3 aromatic rings. The number of fused-ring (bicyclic) bond motifs is 4. The molecule has 2 bridgehead atoms. The van der Waals surface area contributed by atoms with Gasteiger partial charge in [0, 0.05) is 54.6 Å². The smallest absolute Gasteiger partial charge is 0.251 e. The summed E-state index contributed by atoms with van der Waals surface area (Å²) in [5, 5.41) is 3.96. The van der Waals surface area contributed by atoms with Gasteiger partial charge in [0.15, 0.2) is 0 Å². The quantitative estimate of drug-likeness (QED) is 0.670. The summed E-state index contributed by atoms with van der Waals surface area (Å²) in [6, 6.07) is 9.45. The Morgan fingerprint density at radius 2 is 2.07 bits per heavy atom. The Balaban J connectivity index is 1.43. The summed E-state index contributed by atoms with van der Waals surface area (Å²) in [6.07, 6.45) is 3.04. The zero-order valence-electron chi connectivity index (χ0n) is 17.2. The van der Waals surface area contributed by atoms with Crippen LogP contribution < -0.4 is 5.56 Å². The second-order valence-corrected chi connectivity index (χ2v) is 8.41. The minimum absolute atomic E-state index is 0.0124. The number of aryl methyl sites for hydroxylation is 2. The maximum absolute atomic E-state index is 13.0. The SMILES string of the molecule is Cc1noc(C)c1CC(=O)N1C[C@@H]2C[C@H](C1)c1cc(-c3ccccn3)cc(=O)n1C2. The van der Waals surface area contributed by atoms with Crippen molar-refractivity contribution in [3.05, 3.63) is 69.6 Å². The highest BCUT2D eigenvalue weighted by molar-refractivity contribution is 5.79. The largest absolute Gasteiger partial charge is 0.361 e. The standard InChI is InChI=1S/C23H24N4O3/c1-14-19(15(2)30-25-14)10-22(28)26-11-16-7-18(13-26)21-8-17(9-23(29)27(21)12-16)20-5-3-4-6-24-20/h3-6,8-9,16,18H,7,10-13H2,1-2H3/t16-,18+/m0/s1. The van der Waals surface area contributed by atoms with Gasteiger partial charge in [0.25, 0.3) is 5.56 Å². The van der Waals surface area contributed by atoms with Crippen LogP contribution in [0.1, 0.15) is 35.1 Å².